The molecule has 0 saturated heterocycles. The summed E-state index contributed by atoms with van der Waals surface area (Å²) in [5, 5.41) is 3.91. The van der Waals surface area contributed by atoms with Crippen LogP contribution in [0.1, 0.15) is 69.1 Å². The lowest BCUT2D eigenvalue weighted by molar-refractivity contribution is -0.118. The first kappa shape index (κ1) is 20.0. The zero-order valence-electron chi connectivity index (χ0n) is 17.6. The predicted octanol–water partition coefficient (Wildman–Crippen LogP) is 4.82. The van der Waals surface area contributed by atoms with Gasteiger partial charge in [0.2, 0.25) is 0 Å². The van der Waals surface area contributed by atoms with Gasteiger partial charge in [0, 0.05) is 23.6 Å². The van der Waals surface area contributed by atoms with Gasteiger partial charge in [-0.1, -0.05) is 63.7 Å². The number of hydrogen-bond acceptors (Lipinski definition) is 5. The summed E-state index contributed by atoms with van der Waals surface area (Å²) in [5.74, 6) is 0.713. The molecule has 1 aliphatic heterocycles. The maximum Gasteiger partial charge on any atom is 0.257 e. The molecule has 0 spiro atoms. The van der Waals surface area contributed by atoms with Crippen LogP contribution in [0.4, 0.5) is 5.82 Å². The van der Waals surface area contributed by atoms with Crippen molar-refractivity contribution in [2.45, 2.75) is 57.5 Å². The minimum Gasteiger partial charge on any atom is -0.343 e. The molecule has 4 rings (SSSR count). The molecule has 1 aromatic carbocycles. The fourth-order valence-corrected chi connectivity index (χ4v) is 4.77. The molecule has 1 unspecified atom stereocenters. The summed E-state index contributed by atoms with van der Waals surface area (Å²) in [6.07, 6.45) is 3.13. The molecular formula is C23H27N3O2S. The number of anilines is 1. The van der Waals surface area contributed by atoms with E-state index in [0.29, 0.717) is 28.9 Å². The zero-order chi connectivity index (χ0) is 20.9. The largest absolute Gasteiger partial charge is 0.343 e. The highest BCUT2D eigenvalue weighted by molar-refractivity contribution is 7.98. The molecule has 6 heteroatoms. The molecule has 1 aliphatic carbocycles. The van der Waals surface area contributed by atoms with Gasteiger partial charge in [-0.05, 0) is 35.1 Å². The normalized spacial score (nSPS) is 20.3. The number of carbonyl (C=O) groups excluding carboxylic acids is 1. The number of allylic oxidation sites excluding steroid dienone is 2. The van der Waals surface area contributed by atoms with Gasteiger partial charge < -0.3 is 10.3 Å². The molecule has 1 atom stereocenters. The van der Waals surface area contributed by atoms with Crippen LogP contribution in [0.25, 0.3) is 0 Å². The van der Waals surface area contributed by atoms with Crippen LogP contribution in [0.3, 0.4) is 0 Å². The first-order valence-corrected chi connectivity index (χ1v) is 11.2. The molecule has 2 aromatic rings. The summed E-state index contributed by atoms with van der Waals surface area (Å²) in [6.45, 7) is 8.52. The average molecular weight is 410 g/mol. The van der Waals surface area contributed by atoms with Gasteiger partial charge in [-0.3, -0.25) is 9.59 Å². The Balaban J connectivity index is 1.94. The Hall–Kier alpha value is -2.34. The van der Waals surface area contributed by atoms with Gasteiger partial charge in [0.05, 0.1) is 5.56 Å². The molecule has 0 fully saturated rings. The summed E-state index contributed by atoms with van der Waals surface area (Å²) in [7, 11) is 0. The van der Waals surface area contributed by atoms with E-state index >= 15 is 0 Å². The lowest BCUT2D eigenvalue weighted by Crippen LogP contribution is -2.37. The van der Waals surface area contributed by atoms with Crippen molar-refractivity contribution >= 4 is 23.4 Å². The highest BCUT2D eigenvalue weighted by atomic mass is 32.2. The van der Waals surface area contributed by atoms with E-state index in [9.17, 15) is 9.59 Å². The summed E-state index contributed by atoms with van der Waals surface area (Å²) in [5.41, 5.74) is 4.05. The second-order valence-corrected chi connectivity index (χ2v) is 9.84. The Morgan fingerprint density at radius 2 is 1.83 bits per heavy atom. The molecule has 2 heterocycles. The van der Waals surface area contributed by atoms with Crippen LogP contribution in [0, 0.1) is 5.41 Å². The number of carbonyl (C=O) groups is 1. The number of H-pyrrole nitrogens is 1. The standard InChI is InChI=1S/C23H27N3O2S/c1-12(2)13-6-8-14(9-7-13)17-18-15(10-23(3,4)11-16(18)27)24-20-19(17)21(28)26-22(25-20)29-5/h6-9,12,17H,10-11H2,1-5H3,(H2,24,25,26,28). The van der Waals surface area contributed by atoms with Crippen molar-refractivity contribution in [3.05, 3.63) is 62.6 Å². The molecule has 0 radical (unpaired) electrons. The van der Waals surface area contributed by atoms with Crippen molar-refractivity contribution in [2.24, 2.45) is 5.41 Å². The number of benzene rings is 1. The summed E-state index contributed by atoms with van der Waals surface area (Å²) >= 11 is 1.40. The second kappa shape index (κ2) is 7.17. The number of rotatable bonds is 3. The van der Waals surface area contributed by atoms with E-state index in [1.807, 2.05) is 6.26 Å². The third kappa shape index (κ3) is 3.54. The number of Topliss-reactive ketones (excluding diaryl/α,β-unsaturated/α-hetero) is 1. The Labute approximate surface area is 175 Å². The highest BCUT2D eigenvalue weighted by Gasteiger charge is 2.42. The zero-order valence-corrected chi connectivity index (χ0v) is 18.4. The summed E-state index contributed by atoms with van der Waals surface area (Å²) in [6, 6.07) is 8.29. The lowest BCUT2D eigenvalue weighted by Gasteiger charge is -2.38. The fourth-order valence-electron chi connectivity index (χ4n) is 4.40. The van der Waals surface area contributed by atoms with Crippen molar-refractivity contribution in [1.29, 1.82) is 0 Å². The first-order chi connectivity index (χ1) is 13.7. The third-order valence-corrected chi connectivity index (χ3v) is 6.41. The topological polar surface area (TPSA) is 74.8 Å². The second-order valence-electron chi connectivity index (χ2n) is 9.05. The SMILES string of the molecule is CSc1nc2c(c(=O)[nH]1)C(c1ccc(C(C)C)cc1)C1=C(CC(C)(C)CC1=O)N2. The van der Waals surface area contributed by atoms with E-state index in [4.69, 9.17) is 0 Å². The van der Waals surface area contributed by atoms with Gasteiger partial charge >= 0.3 is 0 Å². The van der Waals surface area contributed by atoms with Crippen LogP contribution >= 0.6 is 11.8 Å². The van der Waals surface area contributed by atoms with E-state index in [2.05, 4.69) is 67.2 Å². The molecular weight excluding hydrogens is 382 g/mol. The van der Waals surface area contributed by atoms with Crippen LogP contribution in [0.5, 0.6) is 0 Å². The van der Waals surface area contributed by atoms with E-state index in [-0.39, 0.29) is 16.8 Å². The lowest BCUT2D eigenvalue weighted by atomic mass is 9.69. The molecule has 2 aliphatic rings. The Morgan fingerprint density at radius 1 is 1.14 bits per heavy atom. The predicted molar refractivity (Wildman–Crippen MR) is 118 cm³/mol. The maximum absolute atomic E-state index is 13.2. The number of aromatic amines is 1. The van der Waals surface area contributed by atoms with E-state index in [1.54, 1.807) is 0 Å². The molecule has 5 nitrogen and oxygen atoms in total. The van der Waals surface area contributed by atoms with Crippen LogP contribution in [0.15, 0.2) is 45.5 Å². The fraction of sp³-hybridized carbons (Fsp3) is 0.435. The number of thioether (sulfide) groups is 1. The van der Waals surface area contributed by atoms with Gasteiger partial charge in [-0.25, -0.2) is 4.98 Å². The smallest absolute Gasteiger partial charge is 0.257 e. The van der Waals surface area contributed by atoms with E-state index in [1.165, 1.54) is 17.3 Å². The molecule has 29 heavy (non-hydrogen) atoms. The number of nitrogens with one attached hydrogen (secondary N) is 2. The Kier molecular flexibility index (Phi) is 4.93. The summed E-state index contributed by atoms with van der Waals surface area (Å²) in [4.78, 5) is 33.7. The van der Waals surface area contributed by atoms with Crippen LogP contribution in [0.2, 0.25) is 0 Å². The average Bonchev–Trinajstić information content (AvgIpc) is 2.65. The van der Waals surface area contributed by atoms with Crippen LogP contribution < -0.4 is 10.9 Å². The molecule has 0 amide bonds. The number of aromatic nitrogens is 2. The third-order valence-electron chi connectivity index (χ3n) is 5.83. The molecule has 152 valence electrons. The van der Waals surface area contributed by atoms with Crippen molar-refractivity contribution in [1.82, 2.24) is 9.97 Å². The van der Waals surface area contributed by atoms with Gasteiger partial charge in [-0.15, -0.1) is 0 Å². The van der Waals surface area contributed by atoms with E-state index in [0.717, 1.165) is 23.3 Å². The van der Waals surface area contributed by atoms with Gasteiger partial charge in [0.25, 0.3) is 5.56 Å². The van der Waals surface area contributed by atoms with Crippen LogP contribution in [-0.4, -0.2) is 22.0 Å². The monoisotopic (exact) mass is 409 g/mol. The Morgan fingerprint density at radius 3 is 2.45 bits per heavy atom. The quantitative estimate of drug-likeness (QED) is 0.562. The highest BCUT2D eigenvalue weighted by Crippen LogP contribution is 2.47. The maximum atomic E-state index is 13.2. The number of hydrogen-bond donors (Lipinski definition) is 2. The summed E-state index contributed by atoms with van der Waals surface area (Å²) < 4.78 is 0. The van der Waals surface area contributed by atoms with Crippen molar-refractivity contribution < 1.29 is 4.79 Å². The molecule has 0 saturated carbocycles. The van der Waals surface area contributed by atoms with E-state index < -0.39 is 5.92 Å². The van der Waals surface area contributed by atoms with Crippen LogP contribution in [-0.2, 0) is 4.79 Å². The van der Waals surface area contributed by atoms with Gasteiger partial charge in [0.15, 0.2) is 10.9 Å². The molecule has 2 N–H and O–H groups in total. The van der Waals surface area contributed by atoms with Crippen molar-refractivity contribution in [3.63, 3.8) is 0 Å². The van der Waals surface area contributed by atoms with Gasteiger partial charge in [0.1, 0.15) is 5.82 Å². The van der Waals surface area contributed by atoms with Gasteiger partial charge in [-0.2, -0.15) is 0 Å². The van der Waals surface area contributed by atoms with Crippen molar-refractivity contribution in [2.75, 3.05) is 11.6 Å². The minimum atomic E-state index is -0.391. The number of ketones is 1. The molecule has 0 bridgehead atoms. The molecule has 1 aromatic heterocycles. The first-order valence-electron chi connectivity index (χ1n) is 10.0. The minimum absolute atomic E-state index is 0.112. The van der Waals surface area contributed by atoms with Crippen molar-refractivity contribution in [3.8, 4) is 0 Å². The number of fused-ring (bicyclic) bond motifs is 1. The number of nitrogens with zero attached hydrogens (tertiary/aromatic N) is 1. The Bertz CT molecular complexity index is 1060.